The number of nitrogens with zero attached hydrogens (tertiary/aromatic N) is 1. The van der Waals surface area contributed by atoms with E-state index in [2.05, 4.69) is 18.8 Å². The Morgan fingerprint density at radius 1 is 1.50 bits per heavy atom. The Labute approximate surface area is 85.3 Å². The van der Waals surface area contributed by atoms with Crippen molar-refractivity contribution in [2.75, 3.05) is 13.2 Å². The van der Waals surface area contributed by atoms with Crippen molar-refractivity contribution < 1.29 is 4.74 Å². The molecule has 1 aromatic rings. The first-order valence-electron chi connectivity index (χ1n) is 4.95. The summed E-state index contributed by atoms with van der Waals surface area (Å²) >= 11 is 0. The first-order chi connectivity index (χ1) is 6.74. The third kappa shape index (κ3) is 3.44. The smallest absolute Gasteiger partial charge is 0.0962 e. The maximum atomic E-state index is 5.67. The van der Waals surface area contributed by atoms with E-state index in [1.165, 1.54) is 0 Å². The summed E-state index contributed by atoms with van der Waals surface area (Å²) in [6.07, 6.45) is 3.53. The molecule has 1 rings (SSSR count). The van der Waals surface area contributed by atoms with Crippen LogP contribution in [0.15, 0.2) is 24.5 Å². The van der Waals surface area contributed by atoms with Crippen molar-refractivity contribution in [3.8, 4) is 0 Å². The standard InChI is InChI=1S/C11H18N2O/c1-9(2)8-14-11(6-12)10-4-3-5-13-7-10/h3-5,7,9,11H,6,8,12H2,1-2H3. The van der Waals surface area contributed by atoms with Gasteiger partial charge in [0, 0.05) is 31.1 Å². The maximum Gasteiger partial charge on any atom is 0.0962 e. The Morgan fingerprint density at radius 3 is 2.79 bits per heavy atom. The van der Waals surface area contributed by atoms with E-state index in [1.807, 2.05) is 12.1 Å². The Bertz CT molecular complexity index is 249. The highest BCUT2D eigenvalue weighted by Gasteiger charge is 2.10. The number of aromatic nitrogens is 1. The van der Waals surface area contributed by atoms with E-state index in [0.717, 1.165) is 12.2 Å². The maximum absolute atomic E-state index is 5.67. The summed E-state index contributed by atoms with van der Waals surface area (Å²) in [7, 11) is 0. The second-order valence-electron chi connectivity index (χ2n) is 3.74. The lowest BCUT2D eigenvalue weighted by atomic mass is 10.1. The molecule has 0 aliphatic heterocycles. The minimum absolute atomic E-state index is 0.0221. The molecule has 0 aromatic carbocycles. The molecule has 0 aliphatic carbocycles. The van der Waals surface area contributed by atoms with Crippen LogP contribution in [0, 0.1) is 5.92 Å². The van der Waals surface area contributed by atoms with Gasteiger partial charge in [-0.15, -0.1) is 0 Å². The number of hydrogen-bond donors (Lipinski definition) is 1. The fourth-order valence-corrected chi connectivity index (χ4v) is 1.18. The zero-order valence-electron chi connectivity index (χ0n) is 8.81. The van der Waals surface area contributed by atoms with Crippen LogP contribution in [0.5, 0.6) is 0 Å². The van der Waals surface area contributed by atoms with Crippen molar-refractivity contribution in [3.63, 3.8) is 0 Å². The lowest BCUT2D eigenvalue weighted by Gasteiger charge is -2.17. The molecule has 0 bridgehead atoms. The fraction of sp³-hybridized carbons (Fsp3) is 0.545. The van der Waals surface area contributed by atoms with E-state index >= 15 is 0 Å². The summed E-state index contributed by atoms with van der Waals surface area (Å²) in [5.41, 5.74) is 6.69. The Balaban J connectivity index is 2.54. The van der Waals surface area contributed by atoms with Crippen molar-refractivity contribution in [1.29, 1.82) is 0 Å². The number of hydrogen-bond acceptors (Lipinski definition) is 3. The molecule has 1 unspecified atom stereocenters. The summed E-state index contributed by atoms with van der Waals surface area (Å²) in [5.74, 6) is 0.528. The molecule has 0 radical (unpaired) electrons. The largest absolute Gasteiger partial charge is 0.372 e. The second kappa shape index (κ2) is 5.73. The lowest BCUT2D eigenvalue weighted by molar-refractivity contribution is 0.0404. The molecular weight excluding hydrogens is 176 g/mol. The minimum Gasteiger partial charge on any atom is -0.372 e. The van der Waals surface area contributed by atoms with Gasteiger partial charge in [-0.1, -0.05) is 19.9 Å². The molecule has 0 spiro atoms. The molecule has 78 valence electrons. The van der Waals surface area contributed by atoms with Crippen molar-refractivity contribution >= 4 is 0 Å². The summed E-state index contributed by atoms with van der Waals surface area (Å²) < 4.78 is 5.67. The topological polar surface area (TPSA) is 48.1 Å². The van der Waals surface area contributed by atoms with Crippen LogP contribution in [0.25, 0.3) is 0 Å². The van der Waals surface area contributed by atoms with Gasteiger partial charge < -0.3 is 10.5 Å². The fourth-order valence-electron chi connectivity index (χ4n) is 1.18. The van der Waals surface area contributed by atoms with Gasteiger partial charge in [-0.3, -0.25) is 4.98 Å². The van der Waals surface area contributed by atoms with Gasteiger partial charge in [0.1, 0.15) is 0 Å². The highest BCUT2D eigenvalue weighted by atomic mass is 16.5. The zero-order valence-corrected chi connectivity index (χ0v) is 8.81. The molecule has 0 saturated carbocycles. The average Bonchev–Trinajstić information content (AvgIpc) is 2.20. The third-order valence-electron chi connectivity index (χ3n) is 1.90. The van der Waals surface area contributed by atoms with E-state index in [9.17, 15) is 0 Å². The van der Waals surface area contributed by atoms with Crippen LogP contribution in [0.1, 0.15) is 25.5 Å². The van der Waals surface area contributed by atoms with Gasteiger partial charge in [0.25, 0.3) is 0 Å². The first-order valence-corrected chi connectivity index (χ1v) is 4.95. The molecule has 0 aliphatic rings. The van der Waals surface area contributed by atoms with Crippen LogP contribution in [0.4, 0.5) is 0 Å². The summed E-state index contributed by atoms with van der Waals surface area (Å²) in [6, 6.07) is 3.89. The van der Waals surface area contributed by atoms with E-state index in [0.29, 0.717) is 12.5 Å². The molecule has 0 amide bonds. The molecule has 1 atom stereocenters. The van der Waals surface area contributed by atoms with E-state index < -0.39 is 0 Å². The summed E-state index contributed by atoms with van der Waals surface area (Å²) in [5, 5.41) is 0. The van der Waals surface area contributed by atoms with Crippen molar-refractivity contribution in [2.24, 2.45) is 11.7 Å². The predicted octanol–water partition coefficient (Wildman–Crippen LogP) is 1.75. The van der Waals surface area contributed by atoms with Crippen molar-refractivity contribution in [3.05, 3.63) is 30.1 Å². The molecule has 3 heteroatoms. The van der Waals surface area contributed by atoms with Crippen LogP contribution in [-0.2, 0) is 4.74 Å². The van der Waals surface area contributed by atoms with Crippen LogP contribution in [-0.4, -0.2) is 18.1 Å². The molecule has 2 N–H and O–H groups in total. The van der Waals surface area contributed by atoms with Gasteiger partial charge in [-0.25, -0.2) is 0 Å². The molecule has 1 aromatic heterocycles. The van der Waals surface area contributed by atoms with E-state index in [4.69, 9.17) is 10.5 Å². The summed E-state index contributed by atoms with van der Waals surface area (Å²) in [4.78, 5) is 4.05. The van der Waals surface area contributed by atoms with Crippen LogP contribution in [0.2, 0.25) is 0 Å². The van der Waals surface area contributed by atoms with Crippen LogP contribution >= 0.6 is 0 Å². The van der Waals surface area contributed by atoms with E-state index in [1.54, 1.807) is 12.4 Å². The summed E-state index contributed by atoms with van der Waals surface area (Å²) in [6.45, 7) is 5.48. The van der Waals surface area contributed by atoms with Gasteiger partial charge in [-0.2, -0.15) is 0 Å². The SMILES string of the molecule is CC(C)COC(CN)c1cccnc1. The molecular formula is C11H18N2O. The quantitative estimate of drug-likeness (QED) is 0.777. The van der Waals surface area contributed by atoms with Crippen molar-refractivity contribution in [1.82, 2.24) is 4.98 Å². The number of nitrogens with two attached hydrogens (primary N) is 1. The van der Waals surface area contributed by atoms with Gasteiger partial charge in [0.2, 0.25) is 0 Å². The lowest BCUT2D eigenvalue weighted by Crippen LogP contribution is -2.18. The van der Waals surface area contributed by atoms with Crippen LogP contribution < -0.4 is 5.73 Å². The Hall–Kier alpha value is -0.930. The highest BCUT2D eigenvalue weighted by molar-refractivity contribution is 5.12. The molecule has 14 heavy (non-hydrogen) atoms. The van der Waals surface area contributed by atoms with Gasteiger partial charge in [0.15, 0.2) is 0 Å². The molecule has 0 saturated heterocycles. The molecule has 3 nitrogen and oxygen atoms in total. The third-order valence-corrected chi connectivity index (χ3v) is 1.90. The molecule has 1 heterocycles. The monoisotopic (exact) mass is 194 g/mol. The average molecular weight is 194 g/mol. The highest BCUT2D eigenvalue weighted by Crippen LogP contribution is 2.15. The molecule has 0 fully saturated rings. The van der Waals surface area contributed by atoms with Crippen LogP contribution in [0.3, 0.4) is 0 Å². The predicted molar refractivity (Wildman–Crippen MR) is 56.8 cm³/mol. The number of ether oxygens (including phenoxy) is 1. The van der Waals surface area contributed by atoms with Gasteiger partial charge >= 0.3 is 0 Å². The Morgan fingerprint density at radius 2 is 2.29 bits per heavy atom. The number of rotatable bonds is 5. The Kier molecular flexibility index (Phi) is 4.56. The normalized spacial score (nSPS) is 13.1. The van der Waals surface area contributed by atoms with Gasteiger partial charge in [-0.05, 0) is 12.0 Å². The zero-order chi connectivity index (χ0) is 10.4. The second-order valence-corrected chi connectivity index (χ2v) is 3.74. The number of pyridine rings is 1. The minimum atomic E-state index is -0.0221. The van der Waals surface area contributed by atoms with Crippen molar-refractivity contribution in [2.45, 2.75) is 20.0 Å². The van der Waals surface area contributed by atoms with Gasteiger partial charge in [0.05, 0.1) is 6.10 Å². The van der Waals surface area contributed by atoms with E-state index in [-0.39, 0.29) is 6.10 Å². The first kappa shape index (κ1) is 11.1.